The van der Waals surface area contributed by atoms with Crippen molar-refractivity contribution in [1.82, 2.24) is 0 Å². The highest BCUT2D eigenvalue weighted by molar-refractivity contribution is 7.98. The quantitative estimate of drug-likeness (QED) is 0.593. The molecule has 0 heterocycles. The minimum absolute atomic E-state index is 0.742. The number of aryl methyl sites for hydroxylation is 1. The Bertz CT molecular complexity index is 506. The van der Waals surface area contributed by atoms with Crippen LogP contribution in [-0.4, -0.2) is 6.29 Å². The standard InChI is InChI=1S/C15H14OS/c1-12-9-14(10-16)7-8-15(12)17-11-13-5-3-2-4-6-13/h2-10H,11H2,1H3. The first-order valence-corrected chi connectivity index (χ1v) is 6.51. The Morgan fingerprint density at radius 2 is 1.88 bits per heavy atom. The SMILES string of the molecule is Cc1cc(C=O)ccc1SCc1ccccc1. The molecule has 86 valence electrons. The van der Waals surface area contributed by atoms with Crippen LogP contribution < -0.4 is 0 Å². The summed E-state index contributed by atoms with van der Waals surface area (Å²) < 4.78 is 0. The molecule has 0 aliphatic carbocycles. The largest absolute Gasteiger partial charge is 0.298 e. The van der Waals surface area contributed by atoms with Crippen molar-refractivity contribution in [3.63, 3.8) is 0 Å². The Morgan fingerprint density at radius 3 is 2.53 bits per heavy atom. The van der Waals surface area contributed by atoms with E-state index < -0.39 is 0 Å². The number of carbonyl (C=O) groups excluding carboxylic acids is 1. The van der Waals surface area contributed by atoms with Gasteiger partial charge < -0.3 is 0 Å². The fourth-order valence-electron chi connectivity index (χ4n) is 1.64. The Morgan fingerprint density at radius 1 is 1.12 bits per heavy atom. The minimum Gasteiger partial charge on any atom is -0.298 e. The van der Waals surface area contributed by atoms with Crippen LogP contribution in [0.25, 0.3) is 0 Å². The van der Waals surface area contributed by atoms with Crippen molar-refractivity contribution < 1.29 is 4.79 Å². The summed E-state index contributed by atoms with van der Waals surface area (Å²) in [7, 11) is 0. The van der Waals surface area contributed by atoms with E-state index in [-0.39, 0.29) is 0 Å². The Kier molecular flexibility index (Phi) is 3.99. The van der Waals surface area contributed by atoms with Crippen LogP contribution in [0.4, 0.5) is 0 Å². The van der Waals surface area contributed by atoms with Gasteiger partial charge in [0.25, 0.3) is 0 Å². The monoisotopic (exact) mass is 242 g/mol. The molecule has 2 heteroatoms. The van der Waals surface area contributed by atoms with Gasteiger partial charge in [0.05, 0.1) is 0 Å². The second-order valence-electron chi connectivity index (χ2n) is 3.92. The van der Waals surface area contributed by atoms with Crippen LogP contribution in [0.3, 0.4) is 0 Å². The van der Waals surface area contributed by atoms with Crippen molar-refractivity contribution in [2.75, 3.05) is 0 Å². The molecule has 0 spiro atoms. The zero-order chi connectivity index (χ0) is 12.1. The van der Waals surface area contributed by atoms with Crippen LogP contribution in [0.5, 0.6) is 0 Å². The molecule has 0 amide bonds. The van der Waals surface area contributed by atoms with Crippen molar-refractivity contribution in [2.24, 2.45) is 0 Å². The van der Waals surface area contributed by atoms with Gasteiger partial charge in [-0.2, -0.15) is 0 Å². The highest BCUT2D eigenvalue weighted by Crippen LogP contribution is 2.26. The third-order valence-corrected chi connectivity index (χ3v) is 3.82. The molecule has 0 saturated heterocycles. The van der Waals surface area contributed by atoms with Gasteiger partial charge in [0.15, 0.2) is 0 Å². The molecule has 0 radical (unpaired) electrons. The van der Waals surface area contributed by atoms with E-state index >= 15 is 0 Å². The summed E-state index contributed by atoms with van der Waals surface area (Å²) in [5.74, 6) is 0.960. The maximum absolute atomic E-state index is 10.6. The molecule has 0 N–H and O–H groups in total. The molecular weight excluding hydrogens is 228 g/mol. The van der Waals surface area contributed by atoms with Gasteiger partial charge in [-0.3, -0.25) is 4.79 Å². The molecule has 0 bridgehead atoms. The number of hydrogen-bond donors (Lipinski definition) is 0. The molecule has 2 rings (SSSR count). The van der Waals surface area contributed by atoms with Crippen molar-refractivity contribution in [3.8, 4) is 0 Å². The molecule has 0 aliphatic rings. The van der Waals surface area contributed by atoms with Crippen LogP contribution in [0.1, 0.15) is 21.5 Å². The number of carbonyl (C=O) groups is 1. The predicted molar refractivity (Wildman–Crippen MR) is 72.6 cm³/mol. The van der Waals surface area contributed by atoms with Crippen LogP contribution >= 0.6 is 11.8 Å². The van der Waals surface area contributed by atoms with Gasteiger partial charge >= 0.3 is 0 Å². The average molecular weight is 242 g/mol. The molecule has 0 aliphatic heterocycles. The van der Waals surface area contributed by atoms with E-state index in [1.807, 2.05) is 31.2 Å². The lowest BCUT2D eigenvalue weighted by Crippen LogP contribution is -1.86. The maximum atomic E-state index is 10.6. The summed E-state index contributed by atoms with van der Waals surface area (Å²) in [5.41, 5.74) is 3.22. The summed E-state index contributed by atoms with van der Waals surface area (Å²) in [6.07, 6.45) is 0.888. The first-order chi connectivity index (χ1) is 8.29. The summed E-state index contributed by atoms with van der Waals surface area (Å²) in [5, 5.41) is 0. The van der Waals surface area contributed by atoms with E-state index in [1.54, 1.807) is 11.8 Å². The molecule has 0 aromatic heterocycles. The molecule has 1 nitrogen and oxygen atoms in total. The third kappa shape index (κ3) is 3.21. The second-order valence-corrected chi connectivity index (χ2v) is 4.93. The second kappa shape index (κ2) is 5.69. The van der Waals surface area contributed by atoms with E-state index in [4.69, 9.17) is 0 Å². The molecule has 17 heavy (non-hydrogen) atoms. The van der Waals surface area contributed by atoms with E-state index in [0.29, 0.717) is 0 Å². The van der Waals surface area contributed by atoms with Gasteiger partial charge in [-0.05, 0) is 30.2 Å². The normalized spacial score (nSPS) is 10.2. The number of hydrogen-bond acceptors (Lipinski definition) is 2. The third-order valence-electron chi connectivity index (χ3n) is 2.57. The lowest BCUT2D eigenvalue weighted by Gasteiger charge is -2.06. The molecule has 0 fully saturated rings. The van der Waals surface area contributed by atoms with Crippen LogP contribution in [0.2, 0.25) is 0 Å². The Labute approximate surface area is 106 Å². The van der Waals surface area contributed by atoms with Crippen LogP contribution in [0, 0.1) is 6.92 Å². The molecule has 2 aromatic rings. The number of thioether (sulfide) groups is 1. The Hall–Kier alpha value is -1.54. The van der Waals surface area contributed by atoms with E-state index in [1.165, 1.54) is 10.5 Å². The summed E-state index contributed by atoms with van der Waals surface area (Å²) in [6, 6.07) is 16.2. The summed E-state index contributed by atoms with van der Waals surface area (Å²) in [4.78, 5) is 11.9. The molecule has 0 saturated carbocycles. The fourth-order valence-corrected chi connectivity index (χ4v) is 2.61. The van der Waals surface area contributed by atoms with Crippen molar-refractivity contribution in [2.45, 2.75) is 17.6 Å². The number of aldehydes is 1. The van der Waals surface area contributed by atoms with Gasteiger partial charge in [-0.1, -0.05) is 36.4 Å². The van der Waals surface area contributed by atoms with Gasteiger partial charge in [0.2, 0.25) is 0 Å². The molecule has 2 aromatic carbocycles. The summed E-state index contributed by atoms with van der Waals surface area (Å²) in [6.45, 7) is 2.04. The molecule has 0 atom stereocenters. The van der Waals surface area contributed by atoms with Gasteiger partial charge in [-0.15, -0.1) is 11.8 Å². The van der Waals surface area contributed by atoms with E-state index in [2.05, 4.69) is 24.3 Å². The first kappa shape index (κ1) is 11.9. The first-order valence-electron chi connectivity index (χ1n) is 5.52. The topological polar surface area (TPSA) is 17.1 Å². The highest BCUT2D eigenvalue weighted by atomic mass is 32.2. The highest BCUT2D eigenvalue weighted by Gasteiger charge is 2.01. The van der Waals surface area contributed by atoms with Crippen LogP contribution in [-0.2, 0) is 5.75 Å². The van der Waals surface area contributed by atoms with Crippen molar-refractivity contribution in [1.29, 1.82) is 0 Å². The summed E-state index contributed by atoms with van der Waals surface area (Å²) >= 11 is 1.80. The lowest BCUT2D eigenvalue weighted by atomic mass is 10.2. The van der Waals surface area contributed by atoms with Crippen LogP contribution in [0.15, 0.2) is 53.4 Å². The number of benzene rings is 2. The predicted octanol–water partition coefficient (Wildman–Crippen LogP) is 4.10. The lowest BCUT2D eigenvalue weighted by molar-refractivity contribution is 0.112. The fraction of sp³-hybridized carbons (Fsp3) is 0.133. The zero-order valence-corrected chi connectivity index (χ0v) is 10.5. The zero-order valence-electron chi connectivity index (χ0n) is 9.72. The average Bonchev–Trinajstić information content (AvgIpc) is 2.38. The maximum Gasteiger partial charge on any atom is 0.150 e. The van der Waals surface area contributed by atoms with Gasteiger partial charge in [0.1, 0.15) is 6.29 Å². The minimum atomic E-state index is 0.742. The van der Waals surface area contributed by atoms with E-state index in [0.717, 1.165) is 23.2 Å². The van der Waals surface area contributed by atoms with Crippen molar-refractivity contribution >= 4 is 18.0 Å². The molecular formula is C15H14OS. The van der Waals surface area contributed by atoms with Gasteiger partial charge in [0, 0.05) is 16.2 Å². The van der Waals surface area contributed by atoms with Crippen molar-refractivity contribution in [3.05, 3.63) is 65.2 Å². The molecule has 0 unspecified atom stereocenters. The van der Waals surface area contributed by atoms with Gasteiger partial charge in [-0.25, -0.2) is 0 Å². The smallest absolute Gasteiger partial charge is 0.150 e. The Balaban J connectivity index is 2.07. The number of rotatable bonds is 4. The van der Waals surface area contributed by atoms with E-state index in [9.17, 15) is 4.79 Å².